The molecular weight excluding hydrogens is 380 g/mol. The van der Waals surface area contributed by atoms with Gasteiger partial charge in [-0.05, 0) is 43.5 Å². The van der Waals surface area contributed by atoms with Gasteiger partial charge in [0.05, 0.1) is 0 Å². The van der Waals surface area contributed by atoms with Crippen LogP contribution in [0, 0.1) is 12.8 Å². The summed E-state index contributed by atoms with van der Waals surface area (Å²) in [7, 11) is 0. The first kappa shape index (κ1) is 20.0. The van der Waals surface area contributed by atoms with Gasteiger partial charge in [-0.25, -0.2) is 9.97 Å². The van der Waals surface area contributed by atoms with Crippen molar-refractivity contribution in [1.29, 1.82) is 0 Å². The highest BCUT2D eigenvalue weighted by Gasteiger charge is 2.26. The van der Waals surface area contributed by atoms with Gasteiger partial charge in [0, 0.05) is 42.9 Å². The van der Waals surface area contributed by atoms with E-state index in [1.54, 1.807) is 12.4 Å². The molecule has 1 saturated heterocycles. The number of rotatable bonds is 5. The van der Waals surface area contributed by atoms with E-state index in [-0.39, 0.29) is 17.7 Å². The predicted octanol–water partition coefficient (Wildman–Crippen LogP) is 3.81. The third kappa shape index (κ3) is 4.48. The van der Waals surface area contributed by atoms with E-state index in [1.165, 1.54) is 0 Å². The van der Waals surface area contributed by atoms with E-state index in [0.717, 1.165) is 42.9 Å². The van der Waals surface area contributed by atoms with Crippen molar-refractivity contribution in [2.75, 3.05) is 23.3 Å². The van der Waals surface area contributed by atoms with Crippen LogP contribution in [0.3, 0.4) is 0 Å². The van der Waals surface area contributed by atoms with Crippen molar-refractivity contribution >= 4 is 17.5 Å². The van der Waals surface area contributed by atoms with Crippen molar-refractivity contribution in [3.05, 3.63) is 48.0 Å². The smallest absolute Gasteiger partial charge is 0.258 e. The zero-order valence-corrected chi connectivity index (χ0v) is 17.5. The van der Waals surface area contributed by atoms with Crippen molar-refractivity contribution in [1.82, 2.24) is 20.1 Å². The molecular formula is C22H26N6O2. The Bertz CT molecular complexity index is 1010. The summed E-state index contributed by atoms with van der Waals surface area (Å²) < 4.78 is 5.40. The minimum Gasteiger partial charge on any atom is -0.357 e. The van der Waals surface area contributed by atoms with Gasteiger partial charge in [0.25, 0.3) is 5.89 Å². The number of carbonyl (C=O) groups is 1. The lowest BCUT2D eigenvalue weighted by Gasteiger charge is -2.32. The molecule has 0 radical (unpaired) electrons. The van der Waals surface area contributed by atoms with Crippen LogP contribution in [0.2, 0.25) is 0 Å². The fourth-order valence-electron chi connectivity index (χ4n) is 3.45. The standard InChI is InChI=1S/C22H26N6O2/c1-14(2)20-26-22(30-27-20)17-6-9-23-19(12-17)28-10-7-16(8-11-28)21(29)25-18-5-4-15(3)13-24-18/h4-6,9,12-14,16H,7-8,10-11H2,1-3H3,(H,24,25,29). The number of hydrogen-bond donors (Lipinski definition) is 1. The molecule has 8 nitrogen and oxygen atoms in total. The van der Waals surface area contributed by atoms with Crippen molar-refractivity contribution < 1.29 is 9.32 Å². The second-order valence-electron chi connectivity index (χ2n) is 7.99. The highest BCUT2D eigenvalue weighted by molar-refractivity contribution is 5.91. The molecule has 4 rings (SSSR count). The average Bonchev–Trinajstić information content (AvgIpc) is 3.26. The first-order chi connectivity index (χ1) is 14.5. The highest BCUT2D eigenvalue weighted by atomic mass is 16.5. The van der Waals surface area contributed by atoms with E-state index in [9.17, 15) is 4.79 Å². The van der Waals surface area contributed by atoms with Gasteiger partial charge in [-0.2, -0.15) is 4.98 Å². The number of hydrogen-bond acceptors (Lipinski definition) is 7. The molecule has 1 amide bonds. The van der Waals surface area contributed by atoms with E-state index < -0.39 is 0 Å². The van der Waals surface area contributed by atoms with Crippen LogP contribution < -0.4 is 10.2 Å². The second-order valence-corrected chi connectivity index (χ2v) is 7.99. The molecule has 1 aliphatic heterocycles. The van der Waals surface area contributed by atoms with Crippen LogP contribution in [-0.2, 0) is 4.79 Å². The van der Waals surface area contributed by atoms with E-state index in [2.05, 4.69) is 30.3 Å². The number of nitrogens with one attached hydrogen (secondary N) is 1. The van der Waals surface area contributed by atoms with Gasteiger partial charge in [-0.15, -0.1) is 0 Å². The number of carbonyl (C=O) groups excluding carboxylic acids is 1. The maximum absolute atomic E-state index is 12.6. The Morgan fingerprint density at radius 3 is 2.67 bits per heavy atom. The molecule has 3 aromatic rings. The Labute approximate surface area is 175 Å². The lowest BCUT2D eigenvalue weighted by atomic mass is 9.96. The zero-order chi connectivity index (χ0) is 21.1. The quantitative estimate of drug-likeness (QED) is 0.688. The molecule has 1 N–H and O–H groups in total. The van der Waals surface area contributed by atoms with Crippen LogP contribution in [0.25, 0.3) is 11.5 Å². The summed E-state index contributed by atoms with van der Waals surface area (Å²) in [5.41, 5.74) is 1.92. The molecule has 1 aliphatic rings. The summed E-state index contributed by atoms with van der Waals surface area (Å²) >= 11 is 0. The number of amides is 1. The van der Waals surface area contributed by atoms with Crippen LogP contribution in [0.15, 0.2) is 41.2 Å². The average molecular weight is 406 g/mol. The number of aromatic nitrogens is 4. The molecule has 30 heavy (non-hydrogen) atoms. The third-order valence-electron chi connectivity index (χ3n) is 5.30. The van der Waals surface area contributed by atoms with E-state index in [4.69, 9.17) is 4.52 Å². The van der Waals surface area contributed by atoms with Gasteiger partial charge in [0.2, 0.25) is 5.91 Å². The van der Waals surface area contributed by atoms with Crippen molar-refractivity contribution in [2.24, 2.45) is 5.92 Å². The zero-order valence-electron chi connectivity index (χ0n) is 17.5. The van der Waals surface area contributed by atoms with Crippen molar-refractivity contribution in [3.63, 3.8) is 0 Å². The fraction of sp³-hybridized carbons (Fsp3) is 0.409. The van der Waals surface area contributed by atoms with E-state index in [0.29, 0.717) is 17.5 Å². The molecule has 3 aromatic heterocycles. The third-order valence-corrected chi connectivity index (χ3v) is 5.30. The van der Waals surface area contributed by atoms with Gasteiger partial charge in [-0.1, -0.05) is 25.1 Å². The number of nitrogens with zero attached hydrogens (tertiary/aromatic N) is 5. The Morgan fingerprint density at radius 2 is 2.00 bits per heavy atom. The Hall–Kier alpha value is -3.29. The Kier molecular flexibility index (Phi) is 5.74. The summed E-state index contributed by atoms with van der Waals surface area (Å²) in [5.74, 6) is 2.86. The molecule has 0 spiro atoms. The van der Waals surface area contributed by atoms with Gasteiger partial charge in [-0.3, -0.25) is 4.79 Å². The molecule has 0 bridgehead atoms. The highest BCUT2D eigenvalue weighted by Crippen LogP contribution is 2.27. The molecule has 0 saturated carbocycles. The van der Waals surface area contributed by atoms with Crippen LogP contribution in [0.4, 0.5) is 11.6 Å². The van der Waals surface area contributed by atoms with E-state index >= 15 is 0 Å². The van der Waals surface area contributed by atoms with Gasteiger partial charge in [0.1, 0.15) is 11.6 Å². The van der Waals surface area contributed by atoms with E-state index in [1.807, 2.05) is 45.0 Å². The van der Waals surface area contributed by atoms with Gasteiger partial charge >= 0.3 is 0 Å². The first-order valence-electron chi connectivity index (χ1n) is 10.3. The summed E-state index contributed by atoms with van der Waals surface area (Å²) in [5, 5.41) is 6.96. The lowest BCUT2D eigenvalue weighted by molar-refractivity contribution is -0.120. The molecule has 0 unspecified atom stereocenters. The number of piperidine rings is 1. The Morgan fingerprint density at radius 1 is 1.20 bits per heavy atom. The predicted molar refractivity (Wildman–Crippen MR) is 114 cm³/mol. The molecule has 8 heteroatoms. The van der Waals surface area contributed by atoms with Gasteiger partial charge < -0.3 is 14.7 Å². The molecule has 0 aliphatic carbocycles. The minimum atomic E-state index is -0.0305. The number of pyridine rings is 2. The van der Waals surface area contributed by atoms with Crippen LogP contribution in [0.5, 0.6) is 0 Å². The molecule has 0 aromatic carbocycles. The topological polar surface area (TPSA) is 97.0 Å². The summed E-state index contributed by atoms with van der Waals surface area (Å²) in [6, 6.07) is 7.61. The first-order valence-corrected chi connectivity index (χ1v) is 10.3. The largest absolute Gasteiger partial charge is 0.357 e. The lowest BCUT2D eigenvalue weighted by Crippen LogP contribution is -2.38. The van der Waals surface area contributed by atoms with Crippen LogP contribution in [0.1, 0.15) is 44.0 Å². The molecule has 0 atom stereocenters. The van der Waals surface area contributed by atoms with Gasteiger partial charge in [0.15, 0.2) is 5.82 Å². The fourth-order valence-corrected chi connectivity index (χ4v) is 3.45. The van der Waals surface area contributed by atoms with Crippen LogP contribution >= 0.6 is 0 Å². The SMILES string of the molecule is Cc1ccc(NC(=O)C2CCN(c3cc(-c4nc(C(C)C)no4)ccn3)CC2)nc1. The summed E-state index contributed by atoms with van der Waals surface area (Å²) in [6.45, 7) is 7.55. The van der Waals surface area contributed by atoms with Crippen molar-refractivity contribution in [2.45, 2.75) is 39.5 Å². The summed E-state index contributed by atoms with van der Waals surface area (Å²) in [4.78, 5) is 28.0. The van der Waals surface area contributed by atoms with Crippen LogP contribution in [-0.4, -0.2) is 39.1 Å². The molecule has 4 heterocycles. The number of aryl methyl sites for hydroxylation is 1. The molecule has 1 fully saturated rings. The normalized spacial score (nSPS) is 14.9. The van der Waals surface area contributed by atoms with Crippen molar-refractivity contribution in [3.8, 4) is 11.5 Å². The number of anilines is 2. The molecule has 156 valence electrons. The minimum absolute atomic E-state index is 0.0276. The Balaban J connectivity index is 1.38. The maximum Gasteiger partial charge on any atom is 0.258 e. The summed E-state index contributed by atoms with van der Waals surface area (Å²) in [6.07, 6.45) is 5.04. The second kappa shape index (κ2) is 8.61. The monoisotopic (exact) mass is 406 g/mol. The maximum atomic E-state index is 12.6.